The van der Waals surface area contributed by atoms with Crippen molar-refractivity contribution in [2.24, 2.45) is 4.99 Å². The number of hydrogen-bond donors (Lipinski definition) is 2. The minimum absolute atomic E-state index is 0.157. The topological polar surface area (TPSA) is 83.5 Å². The van der Waals surface area contributed by atoms with Gasteiger partial charge in [0.2, 0.25) is 5.11 Å². The summed E-state index contributed by atoms with van der Waals surface area (Å²) in [6, 6.07) is 7.24. The summed E-state index contributed by atoms with van der Waals surface area (Å²) in [6.07, 6.45) is 2.96. The van der Waals surface area contributed by atoms with Crippen LogP contribution in [0.3, 0.4) is 0 Å². The van der Waals surface area contributed by atoms with E-state index in [1.807, 2.05) is 12.1 Å². The summed E-state index contributed by atoms with van der Waals surface area (Å²) < 4.78 is 10.5. The summed E-state index contributed by atoms with van der Waals surface area (Å²) in [6.45, 7) is 0. The Balaban J connectivity index is 2.31. The molecule has 1 aromatic carbocycles. The van der Waals surface area contributed by atoms with Crippen LogP contribution in [0.15, 0.2) is 40.2 Å². The van der Waals surface area contributed by atoms with Gasteiger partial charge in [-0.05, 0) is 24.4 Å². The first-order valence-corrected chi connectivity index (χ1v) is 5.65. The van der Waals surface area contributed by atoms with Crippen molar-refractivity contribution in [2.75, 3.05) is 12.4 Å². The van der Waals surface area contributed by atoms with Crippen molar-refractivity contribution in [3.05, 3.63) is 30.8 Å². The van der Waals surface area contributed by atoms with Gasteiger partial charge in [0.25, 0.3) is 0 Å². The molecular weight excluding hydrogens is 264 g/mol. The maximum Gasteiger partial charge on any atom is 0.207 e. The van der Waals surface area contributed by atoms with E-state index in [1.165, 1.54) is 6.39 Å². The zero-order chi connectivity index (χ0) is 13.7. The highest BCUT2D eigenvalue weighted by atomic mass is 32.1. The van der Waals surface area contributed by atoms with Gasteiger partial charge in [0, 0.05) is 11.8 Å². The fraction of sp³-hybridized carbons (Fsp3) is 0.0833. The summed E-state index contributed by atoms with van der Waals surface area (Å²) in [5, 5.41) is 9.72. The average molecular weight is 274 g/mol. The summed E-state index contributed by atoms with van der Waals surface area (Å²) >= 11 is 4.90. The van der Waals surface area contributed by atoms with Gasteiger partial charge in [-0.2, -0.15) is 4.99 Å². The smallest absolute Gasteiger partial charge is 0.207 e. The highest BCUT2D eigenvalue weighted by Crippen LogP contribution is 2.32. The zero-order valence-corrected chi connectivity index (χ0v) is 10.8. The third kappa shape index (κ3) is 3.04. The van der Waals surface area contributed by atoms with Gasteiger partial charge in [-0.15, -0.1) is 0 Å². The molecule has 0 fully saturated rings. The molecule has 19 heavy (non-hydrogen) atoms. The van der Waals surface area contributed by atoms with Gasteiger partial charge >= 0.3 is 0 Å². The number of rotatable bonds is 3. The van der Waals surface area contributed by atoms with Crippen LogP contribution in [0.2, 0.25) is 0 Å². The van der Waals surface area contributed by atoms with Crippen molar-refractivity contribution in [3.63, 3.8) is 0 Å². The number of anilines is 1. The molecule has 0 amide bonds. The van der Waals surface area contributed by atoms with Crippen LogP contribution in [0.5, 0.6) is 5.75 Å². The summed E-state index contributed by atoms with van der Waals surface area (Å²) in [5.41, 5.74) is 1.48. The van der Waals surface area contributed by atoms with Crippen molar-refractivity contribution in [1.82, 2.24) is 4.98 Å². The highest BCUT2D eigenvalue weighted by molar-refractivity contribution is 7.80. The molecule has 0 aliphatic rings. The van der Waals surface area contributed by atoms with E-state index in [-0.39, 0.29) is 5.11 Å². The van der Waals surface area contributed by atoms with Crippen molar-refractivity contribution in [2.45, 2.75) is 0 Å². The molecular formula is C12H10N4O2S. The van der Waals surface area contributed by atoms with Crippen LogP contribution in [0.1, 0.15) is 0 Å². The van der Waals surface area contributed by atoms with Crippen molar-refractivity contribution >= 4 is 29.0 Å². The molecule has 1 heterocycles. The van der Waals surface area contributed by atoms with Gasteiger partial charge in [-0.25, -0.2) is 10.4 Å². The number of methoxy groups -OCH3 is 1. The quantitative estimate of drug-likeness (QED) is 0.664. The molecule has 0 bridgehead atoms. The van der Waals surface area contributed by atoms with E-state index in [1.54, 1.807) is 25.4 Å². The minimum atomic E-state index is 0.157. The van der Waals surface area contributed by atoms with Gasteiger partial charge in [0.05, 0.1) is 24.9 Å². The van der Waals surface area contributed by atoms with E-state index in [0.717, 1.165) is 5.56 Å². The Kier molecular flexibility index (Phi) is 4.02. The maximum atomic E-state index is 6.72. The first-order chi connectivity index (χ1) is 9.24. The molecule has 6 nitrogen and oxygen atoms in total. The molecule has 0 radical (unpaired) electrons. The van der Waals surface area contributed by atoms with Gasteiger partial charge in [-0.1, -0.05) is 0 Å². The molecule has 2 rings (SSSR count). The van der Waals surface area contributed by atoms with E-state index >= 15 is 0 Å². The summed E-state index contributed by atoms with van der Waals surface area (Å²) in [4.78, 5) is 7.38. The number of nitrogens with zero attached hydrogens (tertiary/aromatic N) is 2. The van der Waals surface area contributed by atoms with Crippen LogP contribution in [0.25, 0.3) is 11.3 Å². The monoisotopic (exact) mass is 274 g/mol. The summed E-state index contributed by atoms with van der Waals surface area (Å²) in [5.74, 6) is 1.23. The predicted molar refractivity (Wildman–Crippen MR) is 74.9 cm³/mol. The second-order valence-corrected chi connectivity index (χ2v) is 3.82. The van der Waals surface area contributed by atoms with Crippen LogP contribution in [-0.4, -0.2) is 23.2 Å². The summed E-state index contributed by atoms with van der Waals surface area (Å²) in [7, 11) is 1.56. The number of oxazole rings is 1. The lowest BCUT2D eigenvalue weighted by Crippen LogP contribution is -2.05. The first-order valence-electron chi connectivity index (χ1n) is 5.25. The van der Waals surface area contributed by atoms with E-state index < -0.39 is 0 Å². The number of ether oxygens (including phenoxy) is 1. The third-order valence-electron chi connectivity index (χ3n) is 2.31. The Morgan fingerprint density at radius 2 is 2.42 bits per heavy atom. The normalized spacial score (nSPS) is 9.53. The molecule has 7 heteroatoms. The van der Waals surface area contributed by atoms with Crippen LogP contribution in [-0.2, 0) is 0 Å². The lowest BCUT2D eigenvalue weighted by molar-refractivity contribution is 0.415. The Morgan fingerprint density at radius 1 is 1.58 bits per heavy atom. The average Bonchev–Trinajstić information content (AvgIpc) is 2.92. The molecule has 0 saturated heterocycles. The molecule has 2 N–H and O–H groups in total. The second-order valence-electron chi connectivity index (χ2n) is 3.43. The molecule has 0 unspecified atom stereocenters. The SMILES string of the molecule is COc1cc(NC(=S)N=C=N)ccc1-c1cnco1. The van der Waals surface area contributed by atoms with Crippen LogP contribution in [0, 0.1) is 5.41 Å². The third-order valence-corrected chi connectivity index (χ3v) is 2.50. The highest BCUT2D eigenvalue weighted by Gasteiger charge is 2.10. The van der Waals surface area contributed by atoms with Gasteiger partial charge in [0.1, 0.15) is 5.75 Å². The molecule has 2 aromatic rings. The van der Waals surface area contributed by atoms with Gasteiger partial charge in [-0.3, -0.25) is 0 Å². The van der Waals surface area contributed by atoms with Crippen molar-refractivity contribution in [3.8, 4) is 17.1 Å². The Bertz CT molecular complexity index is 633. The number of aromatic nitrogens is 1. The first kappa shape index (κ1) is 12.9. The Morgan fingerprint density at radius 3 is 3.05 bits per heavy atom. The minimum Gasteiger partial charge on any atom is -0.496 e. The lowest BCUT2D eigenvalue weighted by Gasteiger charge is -2.09. The Hall–Kier alpha value is -2.50. The van der Waals surface area contributed by atoms with E-state index in [9.17, 15) is 0 Å². The van der Waals surface area contributed by atoms with E-state index in [0.29, 0.717) is 17.2 Å². The molecule has 0 spiro atoms. The Labute approximate surface area is 114 Å². The molecule has 0 aliphatic carbocycles. The number of hydrogen-bond acceptors (Lipinski definition) is 5. The largest absolute Gasteiger partial charge is 0.496 e. The maximum absolute atomic E-state index is 6.72. The number of benzene rings is 1. The fourth-order valence-corrected chi connectivity index (χ4v) is 1.69. The number of nitrogens with one attached hydrogen (secondary N) is 2. The number of thiocarbonyl (C=S) groups is 1. The molecule has 0 atom stereocenters. The fourth-order valence-electron chi connectivity index (χ4n) is 1.52. The molecule has 96 valence electrons. The molecule has 0 aliphatic heterocycles. The standard InChI is InChI=1S/C12H10N4O2S/c1-17-10-4-8(16-12(19)15-6-13)2-3-9(10)11-5-14-7-18-11/h2-5,7,13H,1H3,(H,16,19). The predicted octanol–water partition coefficient (Wildman–Crippen LogP) is 2.80. The van der Waals surface area contributed by atoms with E-state index in [4.69, 9.17) is 26.8 Å². The van der Waals surface area contributed by atoms with Crippen molar-refractivity contribution in [1.29, 1.82) is 5.41 Å². The van der Waals surface area contributed by atoms with Crippen LogP contribution >= 0.6 is 12.2 Å². The second kappa shape index (κ2) is 5.90. The van der Waals surface area contributed by atoms with Gasteiger partial charge in [0.15, 0.2) is 12.2 Å². The molecule has 1 aromatic heterocycles. The van der Waals surface area contributed by atoms with Crippen LogP contribution in [0.4, 0.5) is 5.69 Å². The van der Waals surface area contributed by atoms with E-state index in [2.05, 4.69) is 15.3 Å². The van der Waals surface area contributed by atoms with Gasteiger partial charge < -0.3 is 14.5 Å². The van der Waals surface area contributed by atoms with Crippen molar-refractivity contribution < 1.29 is 9.15 Å². The van der Waals surface area contributed by atoms with Crippen LogP contribution < -0.4 is 10.1 Å². The number of aliphatic imine (C=N–C) groups is 1. The zero-order valence-electron chi connectivity index (χ0n) is 10.0. The molecule has 0 saturated carbocycles. The lowest BCUT2D eigenvalue weighted by atomic mass is 10.1.